The second-order valence-corrected chi connectivity index (χ2v) is 9.39. The van der Waals surface area contributed by atoms with Crippen LogP contribution < -0.4 is 19.5 Å². The van der Waals surface area contributed by atoms with Crippen molar-refractivity contribution in [3.8, 4) is 17.2 Å². The number of hydrogen-bond donors (Lipinski definition) is 1. The van der Waals surface area contributed by atoms with Crippen LogP contribution in [0.4, 0.5) is 5.69 Å². The summed E-state index contributed by atoms with van der Waals surface area (Å²) in [6.07, 6.45) is 2.56. The third-order valence-corrected chi connectivity index (χ3v) is 6.89. The van der Waals surface area contributed by atoms with Gasteiger partial charge in [0.2, 0.25) is 9.84 Å². The highest BCUT2D eigenvalue weighted by Gasteiger charge is 2.31. The monoisotopic (exact) mass is 477 g/mol. The lowest BCUT2D eigenvalue weighted by Crippen LogP contribution is -2.33. The van der Waals surface area contributed by atoms with Crippen LogP contribution in [0.1, 0.15) is 11.1 Å². The van der Waals surface area contributed by atoms with Gasteiger partial charge in [0.15, 0.2) is 5.03 Å². The number of anilines is 1. The second kappa shape index (κ2) is 10.1. The van der Waals surface area contributed by atoms with E-state index in [0.29, 0.717) is 28.5 Å². The number of sulfone groups is 1. The molecule has 0 amide bonds. The molecule has 0 saturated carbocycles. The molecule has 0 saturated heterocycles. The Morgan fingerprint density at radius 1 is 1.00 bits per heavy atom. The first kappa shape index (κ1) is 23.6. The molecular weight excluding hydrogens is 454 g/mol. The van der Waals surface area contributed by atoms with Gasteiger partial charge in [0.25, 0.3) is 0 Å². The molecule has 0 aliphatic heterocycles. The van der Waals surface area contributed by atoms with E-state index in [4.69, 9.17) is 25.8 Å². The lowest BCUT2D eigenvalue weighted by molar-refractivity contribution is 0.391. The number of nitrogens with one attached hydrogen (secondary N) is 1. The molecule has 0 radical (unpaired) electrons. The summed E-state index contributed by atoms with van der Waals surface area (Å²) in [4.78, 5) is 7.86. The van der Waals surface area contributed by atoms with Crippen molar-refractivity contribution in [1.29, 1.82) is 0 Å². The van der Waals surface area contributed by atoms with E-state index in [0.717, 1.165) is 5.56 Å². The third-order valence-electron chi connectivity index (χ3n) is 4.90. The van der Waals surface area contributed by atoms with Gasteiger partial charge in [-0.05, 0) is 42.3 Å². The predicted molar refractivity (Wildman–Crippen MR) is 123 cm³/mol. The first-order valence-corrected chi connectivity index (χ1v) is 11.5. The fraction of sp³-hybridized carbons (Fsp3) is 0.273. The van der Waals surface area contributed by atoms with Gasteiger partial charge in [-0.3, -0.25) is 4.98 Å². The molecule has 1 aromatic heterocycles. The fourth-order valence-electron chi connectivity index (χ4n) is 3.17. The highest BCUT2D eigenvalue weighted by molar-refractivity contribution is 7.92. The zero-order valence-corrected chi connectivity index (χ0v) is 19.7. The van der Waals surface area contributed by atoms with Crippen LogP contribution in [-0.4, -0.2) is 45.1 Å². The highest BCUT2D eigenvalue weighted by atomic mass is 35.5. The van der Waals surface area contributed by atoms with Crippen LogP contribution in [0.3, 0.4) is 0 Å². The minimum atomic E-state index is -3.98. The van der Waals surface area contributed by atoms with Gasteiger partial charge >= 0.3 is 0 Å². The van der Waals surface area contributed by atoms with Crippen molar-refractivity contribution in [2.24, 2.45) is 0 Å². The Bertz CT molecular complexity index is 1200. The Morgan fingerprint density at radius 3 is 2.31 bits per heavy atom. The highest BCUT2D eigenvalue weighted by Crippen LogP contribution is 2.30. The number of aromatic nitrogens is 2. The number of aryl methyl sites for hydroxylation is 1. The van der Waals surface area contributed by atoms with E-state index in [-0.39, 0.29) is 16.6 Å². The lowest BCUT2D eigenvalue weighted by atomic mass is 10.1. The molecule has 0 aliphatic carbocycles. The van der Waals surface area contributed by atoms with Gasteiger partial charge in [0, 0.05) is 18.2 Å². The lowest BCUT2D eigenvalue weighted by Gasteiger charge is -2.22. The molecule has 3 rings (SSSR count). The zero-order chi connectivity index (χ0) is 23.3. The van der Waals surface area contributed by atoms with Crippen molar-refractivity contribution in [2.75, 3.05) is 26.6 Å². The predicted octanol–water partition coefficient (Wildman–Crippen LogP) is 3.92. The van der Waals surface area contributed by atoms with Crippen LogP contribution in [0.25, 0.3) is 0 Å². The SMILES string of the molecule is COc1ccc(NC(Cc2ccc(OC)cc2OC)S(=O)(=O)c2cncc(Cl)n2)c(C)c1. The molecule has 0 spiro atoms. The van der Waals surface area contributed by atoms with Crippen molar-refractivity contribution in [2.45, 2.75) is 23.7 Å². The van der Waals surface area contributed by atoms with E-state index in [9.17, 15) is 8.42 Å². The van der Waals surface area contributed by atoms with Gasteiger partial charge in [0.1, 0.15) is 27.8 Å². The van der Waals surface area contributed by atoms with Crippen molar-refractivity contribution in [3.05, 3.63) is 65.1 Å². The van der Waals surface area contributed by atoms with Crippen LogP contribution in [0.2, 0.25) is 5.15 Å². The molecule has 1 heterocycles. The molecule has 1 N–H and O–H groups in total. The Hall–Kier alpha value is -3.04. The number of methoxy groups -OCH3 is 3. The van der Waals surface area contributed by atoms with Crippen LogP contribution in [0, 0.1) is 6.92 Å². The zero-order valence-electron chi connectivity index (χ0n) is 18.1. The quantitative estimate of drug-likeness (QED) is 0.495. The Labute approximate surface area is 192 Å². The minimum absolute atomic E-state index is 0.00696. The summed E-state index contributed by atoms with van der Waals surface area (Å²) in [5.74, 6) is 1.78. The van der Waals surface area contributed by atoms with E-state index >= 15 is 0 Å². The van der Waals surface area contributed by atoms with Gasteiger partial charge < -0.3 is 19.5 Å². The second-order valence-electron chi connectivity index (χ2n) is 6.92. The third kappa shape index (κ3) is 5.23. The smallest absolute Gasteiger partial charge is 0.218 e. The van der Waals surface area contributed by atoms with Gasteiger partial charge in [-0.25, -0.2) is 13.4 Å². The maximum Gasteiger partial charge on any atom is 0.218 e. The minimum Gasteiger partial charge on any atom is -0.497 e. The molecule has 0 bridgehead atoms. The summed E-state index contributed by atoms with van der Waals surface area (Å²) < 4.78 is 43.0. The van der Waals surface area contributed by atoms with Gasteiger partial charge in [-0.1, -0.05) is 17.7 Å². The maximum atomic E-state index is 13.5. The first-order chi connectivity index (χ1) is 15.3. The molecule has 32 heavy (non-hydrogen) atoms. The normalized spacial score (nSPS) is 12.2. The molecular formula is C22H24ClN3O5S. The molecule has 0 fully saturated rings. The number of halogens is 1. The van der Waals surface area contributed by atoms with E-state index in [2.05, 4.69) is 15.3 Å². The average Bonchev–Trinajstić information content (AvgIpc) is 2.79. The van der Waals surface area contributed by atoms with Crippen molar-refractivity contribution in [3.63, 3.8) is 0 Å². The summed E-state index contributed by atoms with van der Waals surface area (Å²) >= 11 is 5.91. The first-order valence-electron chi connectivity index (χ1n) is 9.62. The molecule has 3 aromatic rings. The Morgan fingerprint density at radius 2 is 1.69 bits per heavy atom. The van der Waals surface area contributed by atoms with E-state index < -0.39 is 15.2 Å². The number of ether oxygens (including phenoxy) is 3. The van der Waals surface area contributed by atoms with Gasteiger partial charge in [-0.2, -0.15) is 0 Å². The molecule has 1 atom stereocenters. The average molecular weight is 478 g/mol. The maximum absolute atomic E-state index is 13.5. The summed E-state index contributed by atoms with van der Waals surface area (Å²) in [6.45, 7) is 1.86. The largest absolute Gasteiger partial charge is 0.497 e. The fourth-order valence-corrected chi connectivity index (χ4v) is 4.77. The Kier molecular flexibility index (Phi) is 7.42. The molecule has 1 unspecified atom stereocenters. The van der Waals surface area contributed by atoms with Crippen LogP contribution in [0.15, 0.2) is 53.8 Å². The standard InChI is InChI=1S/C22H24ClN3O5S/c1-14-9-16(29-2)7-8-18(14)25-21(32(27,28)22-13-24-12-20(23)26-22)10-15-5-6-17(30-3)11-19(15)31-4/h5-9,11-13,21,25H,10H2,1-4H3. The molecule has 10 heteroatoms. The summed E-state index contributed by atoms with van der Waals surface area (Å²) in [5.41, 5.74) is 2.14. The van der Waals surface area contributed by atoms with Crippen molar-refractivity contribution in [1.82, 2.24) is 9.97 Å². The summed E-state index contributed by atoms with van der Waals surface area (Å²) in [6, 6.07) is 10.6. The number of hydrogen-bond acceptors (Lipinski definition) is 8. The topological polar surface area (TPSA) is 99.6 Å². The van der Waals surface area contributed by atoms with Crippen LogP contribution in [0.5, 0.6) is 17.2 Å². The summed E-state index contributed by atoms with van der Waals surface area (Å²) in [7, 11) is 0.660. The van der Waals surface area contributed by atoms with Gasteiger partial charge in [0.05, 0.1) is 33.7 Å². The molecule has 8 nitrogen and oxygen atoms in total. The molecule has 2 aromatic carbocycles. The van der Waals surface area contributed by atoms with Crippen LogP contribution >= 0.6 is 11.6 Å². The molecule has 0 aliphatic rings. The van der Waals surface area contributed by atoms with E-state index in [1.807, 2.05) is 13.0 Å². The Balaban J connectivity index is 2.05. The summed E-state index contributed by atoms with van der Waals surface area (Å²) in [5, 5.41) is 1.84. The number of rotatable bonds is 9. The van der Waals surface area contributed by atoms with E-state index in [1.165, 1.54) is 19.5 Å². The van der Waals surface area contributed by atoms with E-state index in [1.54, 1.807) is 44.6 Å². The number of nitrogens with zero attached hydrogens (tertiary/aromatic N) is 2. The van der Waals surface area contributed by atoms with Crippen molar-refractivity contribution >= 4 is 27.1 Å². The van der Waals surface area contributed by atoms with Gasteiger partial charge in [-0.15, -0.1) is 0 Å². The van der Waals surface area contributed by atoms with Crippen molar-refractivity contribution < 1.29 is 22.6 Å². The van der Waals surface area contributed by atoms with Crippen LogP contribution in [-0.2, 0) is 16.3 Å². The number of benzene rings is 2. The molecule has 170 valence electrons.